The molecule has 1 aliphatic carbocycles. The molecule has 2 heterocycles. The SMILES string of the molecule is CCOc1ccc(C2C3=C(CCCC3=O)Nc3c(C(=O)Nc4ccc(F)cc4)cnn32)cc1. The molecule has 2 N–H and O–H groups in total. The van der Waals surface area contributed by atoms with E-state index in [1.54, 1.807) is 4.68 Å². The summed E-state index contributed by atoms with van der Waals surface area (Å²) in [6, 6.07) is 12.7. The number of nitrogens with zero attached hydrogens (tertiary/aromatic N) is 2. The van der Waals surface area contributed by atoms with Gasteiger partial charge in [0.05, 0.1) is 12.8 Å². The van der Waals surface area contributed by atoms with E-state index < -0.39 is 6.04 Å². The van der Waals surface area contributed by atoms with Gasteiger partial charge >= 0.3 is 0 Å². The maximum absolute atomic E-state index is 13.2. The van der Waals surface area contributed by atoms with Crippen LogP contribution >= 0.6 is 0 Å². The van der Waals surface area contributed by atoms with Crippen LogP contribution in [0.5, 0.6) is 5.75 Å². The number of ketones is 1. The third kappa shape index (κ3) is 3.88. The largest absolute Gasteiger partial charge is 0.494 e. The van der Waals surface area contributed by atoms with E-state index in [1.165, 1.54) is 30.5 Å². The number of anilines is 2. The zero-order chi connectivity index (χ0) is 22.9. The van der Waals surface area contributed by atoms with Crippen LogP contribution in [0.1, 0.15) is 48.1 Å². The third-order valence-electron chi connectivity index (χ3n) is 5.89. The molecule has 0 bridgehead atoms. The molecule has 0 saturated heterocycles. The summed E-state index contributed by atoms with van der Waals surface area (Å²) in [5.41, 5.74) is 3.23. The van der Waals surface area contributed by atoms with Gasteiger partial charge in [-0.15, -0.1) is 0 Å². The Morgan fingerprint density at radius 2 is 1.94 bits per heavy atom. The van der Waals surface area contributed by atoms with Crippen molar-refractivity contribution in [2.45, 2.75) is 32.2 Å². The molecule has 3 aromatic rings. The number of benzene rings is 2. The number of allylic oxidation sites excluding steroid dienone is 2. The smallest absolute Gasteiger partial charge is 0.261 e. The van der Waals surface area contributed by atoms with Crippen LogP contribution in [0, 0.1) is 5.82 Å². The maximum Gasteiger partial charge on any atom is 0.261 e. The Bertz CT molecular complexity index is 1250. The molecule has 2 aliphatic rings. The zero-order valence-electron chi connectivity index (χ0n) is 18.1. The molecule has 168 valence electrons. The molecule has 1 atom stereocenters. The fourth-order valence-electron chi connectivity index (χ4n) is 4.38. The highest BCUT2D eigenvalue weighted by atomic mass is 19.1. The van der Waals surface area contributed by atoms with E-state index in [9.17, 15) is 14.0 Å². The maximum atomic E-state index is 13.2. The van der Waals surface area contributed by atoms with Crippen LogP contribution in [0.4, 0.5) is 15.9 Å². The van der Waals surface area contributed by atoms with Crippen LogP contribution in [0.15, 0.2) is 66.0 Å². The fourth-order valence-corrected chi connectivity index (χ4v) is 4.38. The predicted octanol–water partition coefficient (Wildman–Crippen LogP) is 4.70. The highest BCUT2D eigenvalue weighted by Crippen LogP contribution is 2.41. The van der Waals surface area contributed by atoms with E-state index in [2.05, 4.69) is 15.7 Å². The van der Waals surface area contributed by atoms with Crippen molar-refractivity contribution in [2.24, 2.45) is 0 Å². The van der Waals surface area contributed by atoms with E-state index in [1.807, 2.05) is 31.2 Å². The van der Waals surface area contributed by atoms with Gasteiger partial charge in [-0.1, -0.05) is 12.1 Å². The minimum Gasteiger partial charge on any atom is -0.494 e. The molecule has 7 nitrogen and oxygen atoms in total. The fraction of sp³-hybridized carbons (Fsp3) is 0.240. The minimum absolute atomic E-state index is 0.0844. The first-order chi connectivity index (χ1) is 16.0. The number of rotatable bonds is 5. The van der Waals surface area contributed by atoms with Gasteiger partial charge in [-0.3, -0.25) is 9.59 Å². The van der Waals surface area contributed by atoms with Gasteiger partial charge in [-0.05, 0) is 61.7 Å². The lowest BCUT2D eigenvalue weighted by molar-refractivity contribution is -0.116. The lowest BCUT2D eigenvalue weighted by Crippen LogP contribution is -2.32. The zero-order valence-corrected chi connectivity index (χ0v) is 18.1. The summed E-state index contributed by atoms with van der Waals surface area (Å²) in [7, 11) is 0. The summed E-state index contributed by atoms with van der Waals surface area (Å²) in [6.07, 6.45) is 3.46. The van der Waals surface area contributed by atoms with Gasteiger partial charge in [-0.25, -0.2) is 9.07 Å². The molecule has 1 aromatic heterocycles. The summed E-state index contributed by atoms with van der Waals surface area (Å²) < 4.78 is 20.5. The van der Waals surface area contributed by atoms with Crippen LogP contribution < -0.4 is 15.4 Å². The Morgan fingerprint density at radius 3 is 2.67 bits per heavy atom. The van der Waals surface area contributed by atoms with E-state index in [0.717, 1.165) is 29.9 Å². The number of carbonyl (C=O) groups is 2. The van der Waals surface area contributed by atoms with E-state index in [-0.39, 0.29) is 17.5 Å². The van der Waals surface area contributed by atoms with Crippen molar-refractivity contribution in [3.8, 4) is 5.75 Å². The normalized spacial score (nSPS) is 17.2. The Kier molecular flexibility index (Phi) is 5.42. The number of fused-ring (bicyclic) bond motifs is 1. The molecule has 1 amide bonds. The Balaban J connectivity index is 1.53. The Morgan fingerprint density at radius 1 is 1.18 bits per heavy atom. The second kappa shape index (κ2) is 8.54. The average molecular weight is 446 g/mol. The predicted molar refractivity (Wildman–Crippen MR) is 122 cm³/mol. The van der Waals surface area contributed by atoms with Crippen molar-refractivity contribution in [3.05, 3.63) is 82.9 Å². The van der Waals surface area contributed by atoms with Crippen molar-refractivity contribution in [1.82, 2.24) is 9.78 Å². The van der Waals surface area contributed by atoms with Crippen molar-refractivity contribution >= 4 is 23.2 Å². The van der Waals surface area contributed by atoms with Gasteiger partial charge in [0, 0.05) is 23.4 Å². The van der Waals surface area contributed by atoms with Gasteiger partial charge in [0.25, 0.3) is 5.91 Å². The number of ether oxygens (including phenoxy) is 1. The number of Topliss-reactive ketones (excluding diaryl/α,β-unsaturated/α-hetero) is 1. The summed E-state index contributed by atoms with van der Waals surface area (Å²) in [5.74, 6) is 0.617. The standard InChI is InChI=1S/C25H23FN4O3/c1-2-33-18-12-6-15(7-13-18)23-22-20(4-3-5-21(22)31)29-24-19(14-27-30(23)24)25(32)28-17-10-8-16(26)9-11-17/h6-14,23,29H,2-5H2,1H3,(H,28,32). The topological polar surface area (TPSA) is 85.2 Å². The molecule has 2 aromatic carbocycles. The number of hydrogen-bond acceptors (Lipinski definition) is 5. The highest BCUT2D eigenvalue weighted by Gasteiger charge is 2.37. The molecule has 0 saturated carbocycles. The van der Waals surface area contributed by atoms with E-state index in [4.69, 9.17) is 4.74 Å². The molecule has 1 unspecified atom stereocenters. The molecule has 1 aliphatic heterocycles. The van der Waals surface area contributed by atoms with Crippen LogP contribution in [-0.4, -0.2) is 28.1 Å². The highest BCUT2D eigenvalue weighted by molar-refractivity contribution is 6.08. The molecule has 33 heavy (non-hydrogen) atoms. The molecule has 0 fully saturated rings. The lowest BCUT2D eigenvalue weighted by Gasteiger charge is -2.33. The summed E-state index contributed by atoms with van der Waals surface area (Å²) in [5, 5.41) is 10.6. The minimum atomic E-state index is -0.438. The molecular weight excluding hydrogens is 423 g/mol. The monoisotopic (exact) mass is 446 g/mol. The Hall–Kier alpha value is -3.94. The molecule has 0 spiro atoms. The van der Waals surface area contributed by atoms with E-state index in [0.29, 0.717) is 35.7 Å². The van der Waals surface area contributed by atoms with Crippen molar-refractivity contribution < 1.29 is 18.7 Å². The number of aromatic nitrogens is 2. The average Bonchev–Trinajstić information content (AvgIpc) is 3.24. The number of hydrogen-bond donors (Lipinski definition) is 2. The summed E-state index contributed by atoms with van der Waals surface area (Å²) in [6.45, 7) is 2.49. The molecular formula is C25H23FN4O3. The second-order valence-electron chi connectivity index (χ2n) is 8.01. The molecule has 0 radical (unpaired) electrons. The van der Waals surface area contributed by atoms with Gasteiger partial charge in [0.15, 0.2) is 5.78 Å². The number of nitrogens with one attached hydrogen (secondary N) is 2. The third-order valence-corrected chi connectivity index (χ3v) is 5.89. The number of halogens is 1. The second-order valence-corrected chi connectivity index (χ2v) is 8.01. The van der Waals surface area contributed by atoms with E-state index >= 15 is 0 Å². The summed E-state index contributed by atoms with van der Waals surface area (Å²) in [4.78, 5) is 25.9. The van der Waals surface area contributed by atoms with Gasteiger partial charge < -0.3 is 15.4 Å². The molecule has 5 rings (SSSR count). The van der Waals surface area contributed by atoms with Crippen LogP contribution in [0.2, 0.25) is 0 Å². The molecule has 8 heteroatoms. The van der Waals surface area contributed by atoms with Gasteiger partial charge in [0.1, 0.15) is 29.0 Å². The van der Waals surface area contributed by atoms with Crippen molar-refractivity contribution in [1.29, 1.82) is 0 Å². The van der Waals surface area contributed by atoms with Crippen LogP contribution in [-0.2, 0) is 4.79 Å². The quantitative estimate of drug-likeness (QED) is 0.594. The van der Waals surface area contributed by atoms with Gasteiger partial charge in [-0.2, -0.15) is 5.10 Å². The lowest BCUT2D eigenvalue weighted by atomic mass is 9.85. The first-order valence-electron chi connectivity index (χ1n) is 11.0. The van der Waals surface area contributed by atoms with Crippen molar-refractivity contribution in [3.63, 3.8) is 0 Å². The Labute approximate surface area is 190 Å². The first-order valence-corrected chi connectivity index (χ1v) is 11.0. The first kappa shape index (κ1) is 20.9. The van der Waals surface area contributed by atoms with Gasteiger partial charge in [0.2, 0.25) is 0 Å². The van der Waals surface area contributed by atoms with Crippen molar-refractivity contribution in [2.75, 3.05) is 17.2 Å². The number of amides is 1. The van der Waals surface area contributed by atoms with Crippen LogP contribution in [0.25, 0.3) is 0 Å². The van der Waals surface area contributed by atoms with Crippen LogP contribution in [0.3, 0.4) is 0 Å². The number of carbonyl (C=O) groups excluding carboxylic acids is 2. The summed E-state index contributed by atoms with van der Waals surface area (Å²) >= 11 is 0.